The van der Waals surface area contributed by atoms with E-state index in [-0.39, 0.29) is 5.82 Å². The molecule has 1 aromatic heterocycles. The van der Waals surface area contributed by atoms with Crippen LogP contribution in [0.2, 0.25) is 0 Å². The van der Waals surface area contributed by atoms with E-state index in [9.17, 15) is 4.39 Å². The number of fused-ring (bicyclic) bond motifs is 1. The van der Waals surface area contributed by atoms with Gasteiger partial charge in [-0.25, -0.2) is 9.37 Å². The first-order valence-electron chi connectivity index (χ1n) is 5.67. The Balaban J connectivity index is 2.13. The minimum Gasteiger partial charge on any atom is -0.497 e. The van der Waals surface area contributed by atoms with Gasteiger partial charge in [-0.15, -0.1) is 11.3 Å². The molecular formula is C14H11FN2OS. The average Bonchev–Trinajstić information content (AvgIpc) is 2.81. The van der Waals surface area contributed by atoms with Gasteiger partial charge in [0, 0.05) is 17.3 Å². The highest BCUT2D eigenvalue weighted by atomic mass is 32.1. The van der Waals surface area contributed by atoms with Crippen molar-refractivity contribution in [1.29, 1.82) is 0 Å². The first-order valence-corrected chi connectivity index (χ1v) is 6.49. The van der Waals surface area contributed by atoms with Crippen molar-refractivity contribution in [2.75, 3.05) is 12.8 Å². The predicted octanol–water partition coefficient (Wildman–Crippen LogP) is 3.69. The third-order valence-corrected chi connectivity index (χ3v) is 3.87. The number of thiazole rings is 1. The Bertz CT molecular complexity index is 754. The van der Waals surface area contributed by atoms with Crippen LogP contribution in [0.3, 0.4) is 0 Å². The number of anilines is 1. The van der Waals surface area contributed by atoms with Gasteiger partial charge in [-0.05, 0) is 30.3 Å². The molecule has 3 aromatic rings. The lowest BCUT2D eigenvalue weighted by Gasteiger charge is -2.02. The van der Waals surface area contributed by atoms with Crippen LogP contribution in [-0.2, 0) is 0 Å². The highest BCUT2D eigenvalue weighted by molar-refractivity contribution is 7.21. The molecule has 3 rings (SSSR count). The normalized spacial score (nSPS) is 10.8. The van der Waals surface area contributed by atoms with E-state index in [0.717, 1.165) is 10.2 Å². The molecule has 0 fully saturated rings. The molecule has 1 heterocycles. The number of halogens is 1. The SMILES string of the molecule is COc1ccc(-c2nc3ccc(N)cc3s2)c(F)c1. The summed E-state index contributed by atoms with van der Waals surface area (Å²) >= 11 is 1.42. The fourth-order valence-electron chi connectivity index (χ4n) is 1.85. The molecule has 0 radical (unpaired) electrons. The van der Waals surface area contributed by atoms with Crippen molar-refractivity contribution in [3.8, 4) is 16.3 Å². The van der Waals surface area contributed by atoms with Crippen LogP contribution in [-0.4, -0.2) is 12.1 Å². The predicted molar refractivity (Wildman–Crippen MR) is 76.0 cm³/mol. The van der Waals surface area contributed by atoms with Crippen molar-refractivity contribution < 1.29 is 9.13 Å². The molecule has 96 valence electrons. The van der Waals surface area contributed by atoms with Gasteiger partial charge in [-0.2, -0.15) is 0 Å². The van der Waals surface area contributed by atoms with Gasteiger partial charge in [0.15, 0.2) is 0 Å². The minimum absolute atomic E-state index is 0.341. The van der Waals surface area contributed by atoms with E-state index in [1.54, 1.807) is 18.2 Å². The largest absolute Gasteiger partial charge is 0.497 e. The fraction of sp³-hybridized carbons (Fsp3) is 0.0714. The topological polar surface area (TPSA) is 48.1 Å². The van der Waals surface area contributed by atoms with Crippen LogP contribution >= 0.6 is 11.3 Å². The summed E-state index contributed by atoms with van der Waals surface area (Å²) in [6, 6.07) is 10.2. The van der Waals surface area contributed by atoms with Gasteiger partial charge in [0.25, 0.3) is 0 Å². The maximum Gasteiger partial charge on any atom is 0.137 e. The van der Waals surface area contributed by atoms with Crippen LogP contribution in [0.4, 0.5) is 10.1 Å². The highest BCUT2D eigenvalue weighted by Crippen LogP contribution is 2.33. The Morgan fingerprint density at radius 1 is 1.21 bits per heavy atom. The van der Waals surface area contributed by atoms with E-state index in [1.165, 1.54) is 24.5 Å². The van der Waals surface area contributed by atoms with Crippen molar-refractivity contribution >= 4 is 27.2 Å². The first-order chi connectivity index (χ1) is 9.17. The van der Waals surface area contributed by atoms with E-state index in [4.69, 9.17) is 10.5 Å². The Labute approximate surface area is 113 Å². The lowest BCUT2D eigenvalue weighted by Crippen LogP contribution is -1.87. The molecule has 0 aliphatic carbocycles. The molecule has 5 heteroatoms. The molecule has 0 atom stereocenters. The summed E-state index contributed by atoms with van der Waals surface area (Å²) in [6.07, 6.45) is 0. The molecule has 2 N–H and O–H groups in total. The molecule has 19 heavy (non-hydrogen) atoms. The number of nitrogen functional groups attached to an aromatic ring is 1. The third-order valence-electron chi connectivity index (χ3n) is 2.82. The molecule has 2 aromatic carbocycles. The van der Waals surface area contributed by atoms with Crippen LogP contribution < -0.4 is 10.5 Å². The Morgan fingerprint density at radius 2 is 2.05 bits per heavy atom. The van der Waals surface area contributed by atoms with Crippen molar-refractivity contribution in [1.82, 2.24) is 4.98 Å². The van der Waals surface area contributed by atoms with Crippen molar-refractivity contribution in [2.45, 2.75) is 0 Å². The zero-order valence-corrected chi connectivity index (χ0v) is 11.0. The summed E-state index contributed by atoms with van der Waals surface area (Å²) in [4.78, 5) is 4.42. The van der Waals surface area contributed by atoms with Crippen molar-refractivity contribution in [3.63, 3.8) is 0 Å². The molecule has 0 aliphatic rings. The second-order valence-electron chi connectivity index (χ2n) is 4.09. The summed E-state index contributed by atoms with van der Waals surface area (Å²) in [5.74, 6) is 0.151. The standard InChI is InChI=1S/C14H11FN2OS/c1-18-9-3-4-10(11(15)7-9)14-17-12-5-2-8(16)6-13(12)19-14/h2-7H,16H2,1H3. The fourth-order valence-corrected chi connectivity index (χ4v) is 2.89. The Kier molecular flexibility index (Phi) is 2.83. The van der Waals surface area contributed by atoms with Crippen LogP contribution in [0.25, 0.3) is 20.8 Å². The number of nitrogens with two attached hydrogens (primary N) is 1. The molecule has 0 saturated heterocycles. The Morgan fingerprint density at radius 3 is 2.79 bits per heavy atom. The smallest absolute Gasteiger partial charge is 0.137 e. The zero-order chi connectivity index (χ0) is 13.4. The number of hydrogen-bond donors (Lipinski definition) is 1. The van der Waals surface area contributed by atoms with Gasteiger partial charge in [0.1, 0.15) is 16.6 Å². The zero-order valence-electron chi connectivity index (χ0n) is 10.2. The minimum atomic E-state index is -0.341. The molecular weight excluding hydrogens is 263 g/mol. The van der Waals surface area contributed by atoms with Crippen molar-refractivity contribution in [3.05, 3.63) is 42.2 Å². The van der Waals surface area contributed by atoms with E-state index in [0.29, 0.717) is 22.0 Å². The van der Waals surface area contributed by atoms with Crippen molar-refractivity contribution in [2.24, 2.45) is 0 Å². The van der Waals surface area contributed by atoms with Gasteiger partial charge >= 0.3 is 0 Å². The quantitative estimate of drug-likeness (QED) is 0.725. The van der Waals surface area contributed by atoms with Gasteiger partial charge < -0.3 is 10.5 Å². The van der Waals surface area contributed by atoms with E-state index >= 15 is 0 Å². The maximum atomic E-state index is 14.0. The van der Waals surface area contributed by atoms with Crippen LogP contribution in [0.5, 0.6) is 5.75 Å². The van der Waals surface area contributed by atoms with E-state index < -0.39 is 0 Å². The van der Waals surface area contributed by atoms with Crippen LogP contribution in [0, 0.1) is 5.82 Å². The van der Waals surface area contributed by atoms with Crippen LogP contribution in [0.1, 0.15) is 0 Å². The van der Waals surface area contributed by atoms with E-state index in [2.05, 4.69) is 4.98 Å². The number of methoxy groups -OCH3 is 1. The lowest BCUT2D eigenvalue weighted by atomic mass is 10.2. The number of rotatable bonds is 2. The third kappa shape index (κ3) is 2.13. The first kappa shape index (κ1) is 11.9. The number of aromatic nitrogens is 1. The second kappa shape index (κ2) is 4.51. The molecule has 0 aliphatic heterocycles. The highest BCUT2D eigenvalue weighted by Gasteiger charge is 2.11. The molecule has 0 bridgehead atoms. The number of hydrogen-bond acceptors (Lipinski definition) is 4. The monoisotopic (exact) mass is 274 g/mol. The van der Waals surface area contributed by atoms with E-state index in [1.807, 2.05) is 12.1 Å². The summed E-state index contributed by atoms with van der Waals surface area (Å²) in [6.45, 7) is 0. The lowest BCUT2D eigenvalue weighted by molar-refractivity contribution is 0.411. The summed E-state index contributed by atoms with van der Waals surface area (Å²) in [5, 5.41) is 0.640. The molecule has 3 nitrogen and oxygen atoms in total. The summed E-state index contributed by atoms with van der Waals surface area (Å²) in [5.41, 5.74) is 7.70. The number of nitrogens with zero attached hydrogens (tertiary/aromatic N) is 1. The molecule has 0 unspecified atom stereocenters. The van der Waals surface area contributed by atoms with Gasteiger partial charge in [0.2, 0.25) is 0 Å². The molecule has 0 spiro atoms. The summed E-state index contributed by atoms with van der Waals surface area (Å²) in [7, 11) is 1.51. The molecule has 0 amide bonds. The average molecular weight is 274 g/mol. The maximum absolute atomic E-state index is 14.0. The van der Waals surface area contributed by atoms with Gasteiger partial charge in [-0.3, -0.25) is 0 Å². The van der Waals surface area contributed by atoms with Gasteiger partial charge in [-0.1, -0.05) is 0 Å². The number of benzene rings is 2. The Hall–Kier alpha value is -2.14. The molecule has 0 saturated carbocycles. The second-order valence-corrected chi connectivity index (χ2v) is 5.12. The van der Waals surface area contributed by atoms with Crippen LogP contribution in [0.15, 0.2) is 36.4 Å². The summed E-state index contributed by atoms with van der Waals surface area (Å²) < 4.78 is 19.9. The number of ether oxygens (including phenoxy) is 1. The van der Waals surface area contributed by atoms with Gasteiger partial charge in [0.05, 0.1) is 17.3 Å².